The number of para-hydroxylation sites is 1. The summed E-state index contributed by atoms with van der Waals surface area (Å²) < 4.78 is 7.51. The van der Waals surface area contributed by atoms with Crippen LogP contribution in [0.4, 0.5) is 0 Å². The molecule has 0 aliphatic carbocycles. The predicted molar refractivity (Wildman–Crippen MR) is 72.0 cm³/mol. The molecular formula is C14H18N4O. The van der Waals surface area contributed by atoms with E-state index < -0.39 is 0 Å². The third kappa shape index (κ3) is 2.39. The summed E-state index contributed by atoms with van der Waals surface area (Å²) in [7, 11) is 0. The molecule has 1 aliphatic heterocycles. The molecule has 2 N–H and O–H groups in total. The first-order valence-corrected chi connectivity index (χ1v) is 6.67. The van der Waals surface area contributed by atoms with E-state index in [-0.39, 0.29) is 0 Å². The zero-order chi connectivity index (χ0) is 13.1. The van der Waals surface area contributed by atoms with Crippen molar-refractivity contribution in [1.82, 2.24) is 14.8 Å². The van der Waals surface area contributed by atoms with Crippen LogP contribution in [0.3, 0.4) is 0 Å². The number of hydrogen-bond acceptors (Lipinski definition) is 4. The maximum atomic E-state index is 5.78. The quantitative estimate of drug-likeness (QED) is 0.908. The largest absolute Gasteiger partial charge is 0.381 e. The highest BCUT2D eigenvalue weighted by atomic mass is 16.5. The second kappa shape index (κ2) is 5.50. The smallest absolute Gasteiger partial charge is 0.151 e. The van der Waals surface area contributed by atoms with Gasteiger partial charge in [0.2, 0.25) is 0 Å². The number of benzene rings is 1. The van der Waals surface area contributed by atoms with Gasteiger partial charge in [0, 0.05) is 24.8 Å². The molecule has 1 aliphatic rings. The van der Waals surface area contributed by atoms with Crippen molar-refractivity contribution in [1.29, 1.82) is 0 Å². The number of nitrogens with zero attached hydrogens (tertiary/aromatic N) is 3. The van der Waals surface area contributed by atoms with E-state index in [0.29, 0.717) is 12.5 Å². The van der Waals surface area contributed by atoms with Gasteiger partial charge >= 0.3 is 0 Å². The van der Waals surface area contributed by atoms with Gasteiger partial charge in [-0.2, -0.15) is 0 Å². The minimum atomic E-state index is 0.394. The summed E-state index contributed by atoms with van der Waals surface area (Å²) >= 11 is 0. The molecule has 19 heavy (non-hydrogen) atoms. The second-order valence-corrected chi connectivity index (χ2v) is 4.74. The Balaban J connectivity index is 2.03. The summed E-state index contributed by atoms with van der Waals surface area (Å²) in [6.07, 6.45) is 1.99. The Kier molecular flexibility index (Phi) is 3.57. The first-order valence-electron chi connectivity index (χ1n) is 6.67. The summed E-state index contributed by atoms with van der Waals surface area (Å²) in [4.78, 5) is 0. The van der Waals surface area contributed by atoms with Gasteiger partial charge in [0.15, 0.2) is 5.82 Å². The van der Waals surface area contributed by atoms with Crippen LogP contribution in [0.2, 0.25) is 0 Å². The average molecular weight is 258 g/mol. The fourth-order valence-electron chi connectivity index (χ4n) is 2.54. The third-order valence-corrected chi connectivity index (χ3v) is 3.54. The Bertz CT molecular complexity index is 532. The van der Waals surface area contributed by atoms with E-state index in [1.165, 1.54) is 0 Å². The van der Waals surface area contributed by atoms with Gasteiger partial charge in [-0.25, -0.2) is 0 Å². The number of nitrogens with two attached hydrogens (primary N) is 1. The molecule has 1 aromatic heterocycles. The molecule has 3 rings (SSSR count). The molecule has 0 bridgehead atoms. The van der Waals surface area contributed by atoms with Crippen LogP contribution in [0, 0.1) is 0 Å². The Morgan fingerprint density at radius 3 is 2.58 bits per heavy atom. The lowest BCUT2D eigenvalue weighted by Gasteiger charge is -2.22. The van der Waals surface area contributed by atoms with E-state index in [1.807, 2.05) is 18.2 Å². The van der Waals surface area contributed by atoms with Crippen LogP contribution in [0.5, 0.6) is 0 Å². The van der Waals surface area contributed by atoms with Crippen molar-refractivity contribution in [2.75, 3.05) is 13.2 Å². The zero-order valence-electron chi connectivity index (χ0n) is 10.8. The van der Waals surface area contributed by atoms with Crippen molar-refractivity contribution in [2.24, 2.45) is 5.73 Å². The molecule has 0 atom stereocenters. The van der Waals surface area contributed by atoms with E-state index >= 15 is 0 Å². The van der Waals surface area contributed by atoms with Crippen molar-refractivity contribution in [2.45, 2.75) is 25.3 Å². The van der Waals surface area contributed by atoms with Crippen molar-refractivity contribution in [3.8, 4) is 5.69 Å². The first-order chi connectivity index (χ1) is 9.40. The van der Waals surface area contributed by atoms with Crippen molar-refractivity contribution < 1.29 is 4.74 Å². The maximum Gasteiger partial charge on any atom is 0.151 e. The number of ether oxygens (including phenoxy) is 1. The standard InChI is InChI=1S/C14H18N4O/c15-10-13-16-17-14(11-6-8-19-9-7-11)18(13)12-4-2-1-3-5-12/h1-5,11H,6-10,15H2. The van der Waals surface area contributed by atoms with Gasteiger partial charge in [-0.15, -0.1) is 10.2 Å². The van der Waals surface area contributed by atoms with Crippen LogP contribution < -0.4 is 5.73 Å². The Morgan fingerprint density at radius 2 is 1.89 bits per heavy atom. The van der Waals surface area contributed by atoms with Gasteiger partial charge in [-0.3, -0.25) is 4.57 Å². The van der Waals surface area contributed by atoms with E-state index in [4.69, 9.17) is 10.5 Å². The van der Waals surface area contributed by atoms with Crippen LogP contribution in [-0.2, 0) is 11.3 Å². The Morgan fingerprint density at radius 1 is 1.16 bits per heavy atom. The van der Waals surface area contributed by atoms with Crippen LogP contribution in [0.25, 0.3) is 5.69 Å². The molecule has 1 aromatic carbocycles. The molecular weight excluding hydrogens is 240 g/mol. The fourth-order valence-corrected chi connectivity index (χ4v) is 2.54. The molecule has 5 nitrogen and oxygen atoms in total. The molecule has 0 radical (unpaired) electrons. The fraction of sp³-hybridized carbons (Fsp3) is 0.429. The molecule has 5 heteroatoms. The van der Waals surface area contributed by atoms with Gasteiger partial charge in [-0.1, -0.05) is 18.2 Å². The molecule has 2 aromatic rings. The zero-order valence-corrected chi connectivity index (χ0v) is 10.8. The summed E-state index contributed by atoms with van der Waals surface area (Å²) in [6, 6.07) is 10.2. The molecule has 0 spiro atoms. The highest BCUT2D eigenvalue weighted by Gasteiger charge is 2.23. The van der Waals surface area contributed by atoms with Gasteiger partial charge in [0.1, 0.15) is 5.82 Å². The van der Waals surface area contributed by atoms with Gasteiger partial charge < -0.3 is 10.5 Å². The lowest BCUT2D eigenvalue weighted by Crippen LogP contribution is -2.18. The van der Waals surface area contributed by atoms with Crippen LogP contribution in [0.1, 0.15) is 30.4 Å². The number of aromatic nitrogens is 3. The summed E-state index contributed by atoms with van der Waals surface area (Å²) in [5, 5.41) is 8.60. The lowest BCUT2D eigenvalue weighted by atomic mass is 9.99. The SMILES string of the molecule is NCc1nnc(C2CCOCC2)n1-c1ccccc1. The monoisotopic (exact) mass is 258 g/mol. The highest BCUT2D eigenvalue weighted by Crippen LogP contribution is 2.28. The second-order valence-electron chi connectivity index (χ2n) is 4.74. The van der Waals surface area contributed by atoms with Crippen LogP contribution in [-0.4, -0.2) is 28.0 Å². The third-order valence-electron chi connectivity index (χ3n) is 3.54. The van der Waals surface area contributed by atoms with Gasteiger partial charge in [0.25, 0.3) is 0 Å². The Labute approximate surface area is 112 Å². The molecule has 0 unspecified atom stereocenters. The average Bonchev–Trinajstić information content (AvgIpc) is 2.93. The number of rotatable bonds is 3. The van der Waals surface area contributed by atoms with Gasteiger partial charge in [0.05, 0.1) is 6.54 Å². The van der Waals surface area contributed by atoms with Crippen molar-refractivity contribution in [3.05, 3.63) is 42.0 Å². The minimum Gasteiger partial charge on any atom is -0.381 e. The molecule has 0 saturated carbocycles. The Hall–Kier alpha value is -1.72. The number of hydrogen-bond donors (Lipinski definition) is 1. The molecule has 1 fully saturated rings. The van der Waals surface area contributed by atoms with Crippen LogP contribution >= 0.6 is 0 Å². The van der Waals surface area contributed by atoms with E-state index in [1.54, 1.807) is 0 Å². The molecule has 2 heterocycles. The van der Waals surface area contributed by atoms with E-state index in [2.05, 4.69) is 26.9 Å². The summed E-state index contributed by atoms with van der Waals surface area (Å²) in [5.74, 6) is 2.23. The normalized spacial score (nSPS) is 16.7. The lowest BCUT2D eigenvalue weighted by molar-refractivity contribution is 0.0832. The topological polar surface area (TPSA) is 66.0 Å². The predicted octanol–water partition coefficient (Wildman–Crippen LogP) is 1.62. The summed E-state index contributed by atoms with van der Waals surface area (Å²) in [5.41, 5.74) is 6.86. The molecule has 1 saturated heterocycles. The molecule has 0 amide bonds. The first kappa shape index (κ1) is 12.3. The molecule has 100 valence electrons. The van der Waals surface area contributed by atoms with Crippen LogP contribution in [0.15, 0.2) is 30.3 Å². The minimum absolute atomic E-state index is 0.394. The van der Waals surface area contributed by atoms with Gasteiger partial charge in [-0.05, 0) is 25.0 Å². The van der Waals surface area contributed by atoms with E-state index in [9.17, 15) is 0 Å². The summed E-state index contributed by atoms with van der Waals surface area (Å²) in [6.45, 7) is 1.99. The van der Waals surface area contributed by atoms with Crippen molar-refractivity contribution >= 4 is 0 Å². The highest BCUT2D eigenvalue weighted by molar-refractivity contribution is 5.34. The maximum absolute atomic E-state index is 5.78. The van der Waals surface area contributed by atoms with E-state index in [0.717, 1.165) is 43.4 Å². The van der Waals surface area contributed by atoms with Crippen molar-refractivity contribution in [3.63, 3.8) is 0 Å².